The van der Waals surface area contributed by atoms with Gasteiger partial charge in [-0.1, -0.05) is 29.3 Å². The Morgan fingerprint density at radius 2 is 1.93 bits per heavy atom. The zero-order chi connectivity index (χ0) is 10.8. The second kappa shape index (κ2) is 4.42. The molecule has 1 aliphatic heterocycles. The minimum absolute atomic E-state index is 0.106. The van der Waals surface area contributed by atoms with Crippen molar-refractivity contribution in [3.63, 3.8) is 0 Å². The van der Waals surface area contributed by atoms with Crippen LogP contribution in [-0.4, -0.2) is 12.5 Å². The summed E-state index contributed by atoms with van der Waals surface area (Å²) in [6.07, 6.45) is 1.36. The molecule has 0 saturated carbocycles. The zero-order valence-electron chi connectivity index (χ0n) is 8.09. The Bertz CT molecular complexity index is 362. The van der Waals surface area contributed by atoms with Gasteiger partial charge in [-0.05, 0) is 24.1 Å². The smallest absolute Gasteiger partial charge is 0.220 e. The number of hydrogen-bond acceptors (Lipinski definition) is 1. The highest BCUT2D eigenvalue weighted by atomic mass is 35.5. The Morgan fingerprint density at radius 1 is 1.27 bits per heavy atom. The van der Waals surface area contributed by atoms with Gasteiger partial charge >= 0.3 is 0 Å². The molecule has 1 amide bonds. The first-order chi connectivity index (χ1) is 7.18. The normalized spacial score (nSPS) is 21.2. The summed E-state index contributed by atoms with van der Waals surface area (Å²) in [4.78, 5) is 11.0. The Morgan fingerprint density at radius 3 is 2.47 bits per heavy atom. The number of carbonyl (C=O) groups excluding carboxylic acids is 1. The van der Waals surface area contributed by atoms with Crippen LogP contribution in [0.25, 0.3) is 0 Å². The number of halogens is 2. The highest BCUT2D eigenvalue weighted by molar-refractivity contribution is 6.36. The van der Waals surface area contributed by atoms with Crippen LogP contribution in [0.4, 0.5) is 0 Å². The molecule has 0 spiro atoms. The van der Waals surface area contributed by atoms with Crippen molar-refractivity contribution in [3.8, 4) is 0 Å². The molecule has 1 atom stereocenters. The lowest BCUT2D eigenvalue weighted by Gasteiger charge is -2.24. The standard InChI is InChI=1S/C11H11Cl2NO/c12-8-2-1-3-9(13)11(8)7-4-5-10(15)14-6-7/h1-3,7H,4-6H2,(H,14,15). The van der Waals surface area contributed by atoms with Gasteiger partial charge in [-0.2, -0.15) is 0 Å². The third-order valence-corrected chi connectivity index (χ3v) is 3.33. The second-order valence-corrected chi connectivity index (χ2v) is 4.49. The summed E-state index contributed by atoms with van der Waals surface area (Å²) in [6, 6.07) is 5.49. The third kappa shape index (κ3) is 2.27. The number of amides is 1. The number of carbonyl (C=O) groups is 1. The third-order valence-electron chi connectivity index (χ3n) is 2.67. The predicted molar refractivity (Wildman–Crippen MR) is 61.4 cm³/mol. The Labute approximate surface area is 98.6 Å². The van der Waals surface area contributed by atoms with Gasteiger partial charge < -0.3 is 5.32 Å². The van der Waals surface area contributed by atoms with Gasteiger partial charge in [-0.15, -0.1) is 0 Å². The molecule has 0 radical (unpaired) electrons. The first kappa shape index (κ1) is 10.8. The van der Waals surface area contributed by atoms with Crippen molar-refractivity contribution in [3.05, 3.63) is 33.8 Å². The van der Waals surface area contributed by atoms with Gasteiger partial charge in [-0.25, -0.2) is 0 Å². The Hall–Kier alpha value is -0.730. The van der Waals surface area contributed by atoms with Gasteiger partial charge in [0.1, 0.15) is 0 Å². The molecular formula is C11H11Cl2NO. The first-order valence-corrected chi connectivity index (χ1v) is 5.64. The van der Waals surface area contributed by atoms with Crippen LogP contribution in [0.3, 0.4) is 0 Å². The topological polar surface area (TPSA) is 29.1 Å². The summed E-state index contributed by atoms with van der Waals surface area (Å²) in [5, 5.41) is 4.20. The quantitative estimate of drug-likeness (QED) is 0.808. The molecule has 1 aliphatic rings. The van der Waals surface area contributed by atoms with Crippen LogP contribution in [0, 0.1) is 0 Å². The van der Waals surface area contributed by atoms with Crippen molar-refractivity contribution in [2.24, 2.45) is 0 Å². The van der Waals surface area contributed by atoms with Gasteiger partial charge in [0.2, 0.25) is 5.91 Å². The van der Waals surface area contributed by atoms with E-state index in [1.807, 2.05) is 18.2 Å². The van der Waals surface area contributed by atoms with Crippen LogP contribution in [0.1, 0.15) is 24.3 Å². The van der Waals surface area contributed by atoms with Gasteiger partial charge in [0.05, 0.1) is 0 Å². The van der Waals surface area contributed by atoms with E-state index in [1.54, 1.807) is 0 Å². The summed E-state index contributed by atoms with van der Waals surface area (Å²) in [5.41, 5.74) is 0.959. The van der Waals surface area contributed by atoms with E-state index in [4.69, 9.17) is 23.2 Å². The van der Waals surface area contributed by atoms with E-state index in [0.29, 0.717) is 23.0 Å². The lowest BCUT2D eigenvalue weighted by atomic mass is 9.91. The fourth-order valence-electron chi connectivity index (χ4n) is 1.88. The van der Waals surface area contributed by atoms with Crippen molar-refractivity contribution >= 4 is 29.1 Å². The molecule has 1 N–H and O–H groups in total. The van der Waals surface area contributed by atoms with Crippen LogP contribution in [0.15, 0.2) is 18.2 Å². The minimum atomic E-state index is 0.106. The largest absolute Gasteiger partial charge is 0.355 e. The van der Waals surface area contributed by atoms with Crippen LogP contribution in [-0.2, 0) is 4.79 Å². The van der Waals surface area contributed by atoms with Crippen molar-refractivity contribution in [2.75, 3.05) is 6.54 Å². The first-order valence-electron chi connectivity index (χ1n) is 4.89. The van der Waals surface area contributed by atoms with E-state index in [9.17, 15) is 4.79 Å². The molecule has 1 aromatic rings. The number of hydrogen-bond donors (Lipinski definition) is 1. The van der Waals surface area contributed by atoms with Crippen LogP contribution < -0.4 is 5.32 Å². The molecule has 1 heterocycles. The molecule has 80 valence electrons. The lowest BCUT2D eigenvalue weighted by Crippen LogP contribution is -2.33. The molecule has 2 nitrogen and oxygen atoms in total. The summed E-state index contributed by atoms with van der Waals surface area (Å²) in [6.45, 7) is 0.627. The number of rotatable bonds is 1. The van der Waals surface area contributed by atoms with Gasteiger partial charge in [0, 0.05) is 28.9 Å². The van der Waals surface area contributed by atoms with E-state index in [1.165, 1.54) is 0 Å². The fraction of sp³-hybridized carbons (Fsp3) is 0.364. The lowest BCUT2D eigenvalue weighted by molar-refractivity contribution is -0.122. The Kier molecular flexibility index (Phi) is 3.17. The van der Waals surface area contributed by atoms with E-state index in [2.05, 4.69) is 5.32 Å². The molecule has 4 heteroatoms. The zero-order valence-corrected chi connectivity index (χ0v) is 9.61. The SMILES string of the molecule is O=C1CCC(c2c(Cl)cccc2Cl)CN1. The molecule has 1 saturated heterocycles. The van der Waals surface area contributed by atoms with Gasteiger partial charge in [0.25, 0.3) is 0 Å². The molecule has 0 aliphatic carbocycles. The molecule has 0 bridgehead atoms. The Balaban J connectivity index is 2.26. The molecule has 2 rings (SSSR count). The minimum Gasteiger partial charge on any atom is -0.355 e. The van der Waals surface area contributed by atoms with Crippen molar-refractivity contribution in [1.29, 1.82) is 0 Å². The van der Waals surface area contributed by atoms with Crippen LogP contribution in [0.2, 0.25) is 10.0 Å². The maximum absolute atomic E-state index is 11.0. The maximum Gasteiger partial charge on any atom is 0.220 e. The molecule has 1 fully saturated rings. The van der Waals surface area contributed by atoms with Gasteiger partial charge in [0.15, 0.2) is 0 Å². The van der Waals surface area contributed by atoms with Crippen molar-refractivity contribution < 1.29 is 4.79 Å². The van der Waals surface area contributed by atoms with E-state index in [-0.39, 0.29) is 11.8 Å². The van der Waals surface area contributed by atoms with Crippen molar-refractivity contribution in [1.82, 2.24) is 5.32 Å². The fourth-order valence-corrected chi connectivity index (χ4v) is 2.59. The second-order valence-electron chi connectivity index (χ2n) is 3.68. The number of nitrogens with one attached hydrogen (secondary N) is 1. The molecule has 1 aromatic carbocycles. The predicted octanol–water partition coefficient (Wildman–Crippen LogP) is 2.99. The van der Waals surface area contributed by atoms with E-state index < -0.39 is 0 Å². The summed E-state index contributed by atoms with van der Waals surface area (Å²) in [7, 11) is 0. The number of benzene rings is 1. The summed E-state index contributed by atoms with van der Waals surface area (Å²) < 4.78 is 0. The number of piperidine rings is 1. The molecular weight excluding hydrogens is 233 g/mol. The average Bonchev–Trinajstić information content (AvgIpc) is 2.20. The summed E-state index contributed by atoms with van der Waals surface area (Å²) in [5.74, 6) is 0.346. The average molecular weight is 244 g/mol. The van der Waals surface area contributed by atoms with Crippen LogP contribution in [0.5, 0.6) is 0 Å². The van der Waals surface area contributed by atoms with Crippen LogP contribution >= 0.6 is 23.2 Å². The molecule has 1 unspecified atom stereocenters. The van der Waals surface area contributed by atoms with Crippen molar-refractivity contribution in [2.45, 2.75) is 18.8 Å². The van der Waals surface area contributed by atoms with E-state index in [0.717, 1.165) is 12.0 Å². The maximum atomic E-state index is 11.0. The highest BCUT2D eigenvalue weighted by Crippen LogP contribution is 2.34. The summed E-state index contributed by atoms with van der Waals surface area (Å²) >= 11 is 12.2. The molecule has 15 heavy (non-hydrogen) atoms. The molecule has 0 aromatic heterocycles. The monoisotopic (exact) mass is 243 g/mol. The highest BCUT2D eigenvalue weighted by Gasteiger charge is 2.23. The van der Waals surface area contributed by atoms with Gasteiger partial charge in [-0.3, -0.25) is 4.79 Å². The van der Waals surface area contributed by atoms with E-state index >= 15 is 0 Å².